The lowest BCUT2D eigenvalue weighted by atomic mass is 10.1. The molecule has 0 N–H and O–H groups in total. The van der Waals surface area contributed by atoms with Crippen molar-refractivity contribution < 1.29 is 13.9 Å². The average Bonchev–Trinajstić information content (AvgIpc) is 3.25. The molecule has 1 aliphatic rings. The van der Waals surface area contributed by atoms with Gasteiger partial charge in [0.1, 0.15) is 11.6 Å². The summed E-state index contributed by atoms with van der Waals surface area (Å²) in [4.78, 5) is 21.4. The molecule has 2 heterocycles. The van der Waals surface area contributed by atoms with E-state index >= 15 is 0 Å². The summed E-state index contributed by atoms with van der Waals surface area (Å²) in [6, 6.07) is 13.6. The van der Waals surface area contributed by atoms with Crippen LogP contribution < -0.4 is 9.64 Å². The molecule has 1 aliphatic heterocycles. The van der Waals surface area contributed by atoms with Crippen molar-refractivity contribution in [2.75, 3.05) is 31.1 Å². The van der Waals surface area contributed by atoms with Gasteiger partial charge < -0.3 is 14.5 Å². The minimum absolute atomic E-state index is 0.0838. The number of ether oxygens (including phenoxy) is 1. The van der Waals surface area contributed by atoms with Gasteiger partial charge in [0.15, 0.2) is 5.60 Å². The van der Waals surface area contributed by atoms with E-state index in [1.807, 2.05) is 0 Å². The van der Waals surface area contributed by atoms with E-state index in [-0.39, 0.29) is 11.7 Å². The first-order valence-electron chi connectivity index (χ1n) is 10.1. The molecule has 3 aromatic rings. The first-order valence-corrected chi connectivity index (χ1v) is 10.5. The van der Waals surface area contributed by atoms with E-state index in [4.69, 9.17) is 16.3 Å². The lowest BCUT2D eigenvalue weighted by molar-refractivity contribution is -0.145. The number of carbonyl (C=O) groups is 1. The molecule has 162 valence electrons. The fourth-order valence-electron chi connectivity index (χ4n) is 3.70. The topological polar surface area (TPSA) is 50.6 Å². The van der Waals surface area contributed by atoms with Gasteiger partial charge in [-0.1, -0.05) is 23.7 Å². The van der Waals surface area contributed by atoms with Crippen LogP contribution in [-0.2, 0) is 4.79 Å². The van der Waals surface area contributed by atoms with Gasteiger partial charge in [-0.25, -0.2) is 9.37 Å². The van der Waals surface area contributed by atoms with Crippen molar-refractivity contribution >= 4 is 23.5 Å². The summed E-state index contributed by atoms with van der Waals surface area (Å²) in [6.07, 6.45) is 3.40. The summed E-state index contributed by atoms with van der Waals surface area (Å²) in [6.45, 7) is 5.76. The van der Waals surface area contributed by atoms with Gasteiger partial charge in [-0.3, -0.25) is 9.36 Å². The number of anilines is 1. The minimum atomic E-state index is -1.01. The SMILES string of the molecule is CC(C)(Oc1ccc(Cl)cc1)C(=O)N1CCN(c2nccn2-c2ccccc2F)CC1. The van der Waals surface area contributed by atoms with Crippen molar-refractivity contribution in [3.8, 4) is 11.4 Å². The second-order valence-electron chi connectivity index (χ2n) is 7.89. The van der Waals surface area contributed by atoms with Crippen LogP contribution in [0.1, 0.15) is 13.8 Å². The molecular formula is C23H24ClFN4O2. The number of benzene rings is 2. The summed E-state index contributed by atoms with van der Waals surface area (Å²) in [7, 11) is 0. The molecule has 0 aliphatic carbocycles. The third-order valence-electron chi connectivity index (χ3n) is 5.28. The van der Waals surface area contributed by atoms with E-state index < -0.39 is 5.60 Å². The van der Waals surface area contributed by atoms with Gasteiger partial charge in [-0.05, 0) is 50.2 Å². The summed E-state index contributed by atoms with van der Waals surface area (Å²) >= 11 is 5.92. The molecule has 0 radical (unpaired) electrons. The normalized spacial score (nSPS) is 14.6. The molecule has 1 fully saturated rings. The Bertz CT molecular complexity index is 1060. The van der Waals surface area contributed by atoms with Gasteiger partial charge in [0.05, 0.1) is 5.69 Å². The highest BCUT2D eigenvalue weighted by atomic mass is 35.5. The third kappa shape index (κ3) is 4.51. The summed E-state index contributed by atoms with van der Waals surface area (Å²) < 4.78 is 21.9. The molecule has 0 spiro atoms. The van der Waals surface area contributed by atoms with Gasteiger partial charge in [-0.15, -0.1) is 0 Å². The minimum Gasteiger partial charge on any atom is -0.478 e. The van der Waals surface area contributed by atoms with Crippen LogP contribution in [0, 0.1) is 5.82 Å². The summed E-state index contributed by atoms with van der Waals surface area (Å²) in [5.74, 6) is 0.860. The molecule has 4 rings (SSSR count). The molecule has 2 aromatic carbocycles. The van der Waals surface area contributed by atoms with Gasteiger partial charge in [-0.2, -0.15) is 0 Å². The van der Waals surface area contributed by atoms with Crippen molar-refractivity contribution in [1.82, 2.24) is 14.5 Å². The third-order valence-corrected chi connectivity index (χ3v) is 5.54. The molecular weight excluding hydrogens is 419 g/mol. The molecule has 6 nitrogen and oxygen atoms in total. The number of amides is 1. The van der Waals surface area contributed by atoms with E-state index in [0.717, 1.165) is 0 Å². The number of para-hydroxylation sites is 1. The van der Waals surface area contributed by atoms with Crippen molar-refractivity contribution in [1.29, 1.82) is 0 Å². The summed E-state index contributed by atoms with van der Waals surface area (Å²) in [5, 5.41) is 0.612. The Labute approximate surface area is 185 Å². The molecule has 0 atom stereocenters. The van der Waals surface area contributed by atoms with E-state index in [0.29, 0.717) is 48.6 Å². The van der Waals surface area contributed by atoms with Gasteiger partial charge >= 0.3 is 0 Å². The van der Waals surface area contributed by atoms with Crippen LogP contribution in [0.5, 0.6) is 5.75 Å². The Morgan fingerprint density at radius 3 is 2.42 bits per heavy atom. The van der Waals surface area contributed by atoms with E-state index in [1.54, 1.807) is 78.2 Å². The number of hydrogen-bond donors (Lipinski definition) is 0. The van der Waals surface area contributed by atoms with E-state index in [2.05, 4.69) is 9.88 Å². The highest BCUT2D eigenvalue weighted by Gasteiger charge is 2.36. The number of carbonyl (C=O) groups excluding carboxylic acids is 1. The zero-order valence-electron chi connectivity index (χ0n) is 17.5. The summed E-state index contributed by atoms with van der Waals surface area (Å²) in [5.41, 5.74) is -0.562. The predicted molar refractivity (Wildman–Crippen MR) is 118 cm³/mol. The van der Waals surface area contributed by atoms with Crippen LogP contribution in [0.25, 0.3) is 5.69 Å². The maximum absolute atomic E-state index is 14.3. The number of imidazole rings is 1. The highest BCUT2D eigenvalue weighted by Crippen LogP contribution is 2.25. The fourth-order valence-corrected chi connectivity index (χ4v) is 3.82. The molecule has 8 heteroatoms. The maximum atomic E-state index is 14.3. The quantitative estimate of drug-likeness (QED) is 0.595. The number of piperazine rings is 1. The van der Waals surface area contributed by atoms with Crippen molar-refractivity contribution in [2.45, 2.75) is 19.4 Å². The number of rotatable bonds is 5. The van der Waals surface area contributed by atoms with Crippen LogP contribution >= 0.6 is 11.6 Å². The van der Waals surface area contributed by atoms with Crippen LogP contribution in [0.4, 0.5) is 10.3 Å². The van der Waals surface area contributed by atoms with Crippen LogP contribution in [0.15, 0.2) is 60.9 Å². The lowest BCUT2D eigenvalue weighted by Gasteiger charge is -2.39. The van der Waals surface area contributed by atoms with E-state index in [1.165, 1.54) is 6.07 Å². The second kappa shape index (κ2) is 8.59. The molecule has 1 amide bonds. The molecule has 0 saturated carbocycles. The van der Waals surface area contributed by atoms with Crippen LogP contribution in [0.2, 0.25) is 5.02 Å². The molecule has 1 saturated heterocycles. The lowest BCUT2D eigenvalue weighted by Crippen LogP contribution is -2.56. The van der Waals surface area contributed by atoms with Crippen molar-refractivity contribution in [3.63, 3.8) is 0 Å². The molecule has 1 aromatic heterocycles. The standard InChI is InChI=1S/C23H24ClFN4O2/c1-23(2,31-18-9-7-17(24)8-10-18)21(30)27-13-15-28(16-14-27)22-26-11-12-29(22)20-6-4-3-5-19(20)25/h3-12H,13-16H2,1-2H3. The van der Waals surface area contributed by atoms with Crippen molar-refractivity contribution in [3.05, 3.63) is 71.8 Å². The fraction of sp³-hybridized carbons (Fsp3) is 0.304. The predicted octanol–water partition coefficient (Wildman–Crippen LogP) is 4.17. The number of hydrogen-bond acceptors (Lipinski definition) is 4. The average molecular weight is 443 g/mol. The Hall–Kier alpha value is -3.06. The smallest absolute Gasteiger partial charge is 0.266 e. The number of aromatic nitrogens is 2. The molecule has 31 heavy (non-hydrogen) atoms. The van der Waals surface area contributed by atoms with Crippen molar-refractivity contribution in [2.24, 2.45) is 0 Å². The largest absolute Gasteiger partial charge is 0.478 e. The maximum Gasteiger partial charge on any atom is 0.266 e. The first-order chi connectivity index (χ1) is 14.8. The highest BCUT2D eigenvalue weighted by molar-refractivity contribution is 6.30. The Morgan fingerprint density at radius 1 is 1.06 bits per heavy atom. The van der Waals surface area contributed by atoms with Gasteiger partial charge in [0.25, 0.3) is 5.91 Å². The number of halogens is 2. The van der Waals surface area contributed by atoms with Crippen LogP contribution in [-0.4, -0.2) is 52.1 Å². The van der Waals surface area contributed by atoms with Gasteiger partial charge in [0.2, 0.25) is 5.95 Å². The van der Waals surface area contributed by atoms with Crippen LogP contribution in [0.3, 0.4) is 0 Å². The Kier molecular flexibility index (Phi) is 5.87. The monoisotopic (exact) mass is 442 g/mol. The van der Waals surface area contributed by atoms with E-state index in [9.17, 15) is 9.18 Å². The zero-order chi connectivity index (χ0) is 22.0. The number of nitrogens with zero attached hydrogens (tertiary/aromatic N) is 4. The molecule has 0 unspecified atom stereocenters. The second-order valence-corrected chi connectivity index (χ2v) is 8.33. The zero-order valence-corrected chi connectivity index (χ0v) is 18.2. The first kappa shape index (κ1) is 21.2. The Morgan fingerprint density at radius 2 is 1.74 bits per heavy atom. The molecule has 0 bridgehead atoms. The Balaban J connectivity index is 1.42. The van der Waals surface area contributed by atoms with Gasteiger partial charge in [0, 0.05) is 43.6 Å².